The zero-order valence-corrected chi connectivity index (χ0v) is 33.4. The van der Waals surface area contributed by atoms with Gasteiger partial charge < -0.3 is 38.8 Å². The number of hydrogen-bond donors (Lipinski definition) is 7. The number of nitrogens with one attached hydrogen (secondary N) is 2. The number of carbonyl (C=O) groups excluding carboxylic acids is 1. The van der Waals surface area contributed by atoms with Gasteiger partial charge in [-0.1, -0.05) is 126 Å². The Morgan fingerprint density at radius 1 is 0.569 bits per heavy atom. The van der Waals surface area contributed by atoms with Crippen LogP contribution in [0, 0.1) is 0 Å². The van der Waals surface area contributed by atoms with E-state index in [1.807, 2.05) is 120 Å². The first-order chi connectivity index (χ1) is 23.9. The average molecular weight is 704 g/mol. The summed E-state index contributed by atoms with van der Waals surface area (Å²) in [5, 5.41) is 35.3. The Bertz CT molecular complexity index is 1600. The van der Waals surface area contributed by atoms with Crippen LogP contribution in [-0.2, 0) is 26.2 Å². The van der Waals surface area contributed by atoms with Crippen molar-refractivity contribution in [3.63, 3.8) is 0 Å². The normalized spacial score (nSPS) is 8.76. The van der Waals surface area contributed by atoms with E-state index in [9.17, 15) is 15.0 Å². The standard InChI is InChI=1S/C21H22N2O2.C7H10N2.C7H6O2.3C2H6.B.Na.H/c24-20-11-5-2-8-17(20)14-22-13-16-7-1-4-10-19(16)23-15-18-9-3-6-12-21(18)25;2*8-5-6-3-1-2-4-7(6)9;3*1-2;;;/h1-12,22-25H,13-15H2;1-4H,5,8-9H2;1-5,9H;3*1-2H3;;;/q;;;;;;;+1;-1. The molecule has 5 aromatic carbocycles. The monoisotopic (exact) mass is 703 g/mol. The van der Waals surface area contributed by atoms with Crippen molar-refractivity contribution < 1.29 is 51.1 Å². The van der Waals surface area contributed by atoms with Gasteiger partial charge in [-0.2, -0.15) is 0 Å². The number of hydrogen-bond acceptors (Lipinski definition) is 8. The van der Waals surface area contributed by atoms with E-state index < -0.39 is 0 Å². The van der Waals surface area contributed by atoms with Crippen LogP contribution in [0.4, 0.5) is 11.4 Å². The van der Waals surface area contributed by atoms with Gasteiger partial charge in [0, 0.05) is 57.1 Å². The van der Waals surface area contributed by atoms with Gasteiger partial charge in [0.2, 0.25) is 0 Å². The minimum Gasteiger partial charge on any atom is -1.00 e. The smallest absolute Gasteiger partial charge is 1.00 e. The maximum absolute atomic E-state index is 10.1. The van der Waals surface area contributed by atoms with Crippen molar-refractivity contribution in [2.24, 2.45) is 5.73 Å². The second-order valence-corrected chi connectivity index (χ2v) is 9.45. The van der Waals surface area contributed by atoms with Crippen molar-refractivity contribution in [1.82, 2.24) is 5.32 Å². The molecule has 10 heteroatoms. The Labute approximate surface area is 331 Å². The molecule has 0 aromatic heterocycles. The van der Waals surface area contributed by atoms with Crippen molar-refractivity contribution in [2.75, 3.05) is 11.1 Å². The number of phenolic OH excluding ortho intramolecular Hbond substituents is 3. The number of aromatic hydroxyl groups is 3. The van der Waals surface area contributed by atoms with Gasteiger partial charge in [-0.15, -0.1) is 0 Å². The Hall–Kier alpha value is -4.25. The van der Waals surface area contributed by atoms with Crippen molar-refractivity contribution in [3.8, 4) is 17.2 Å². The summed E-state index contributed by atoms with van der Waals surface area (Å²) in [6.45, 7) is 14.4. The minimum atomic E-state index is 0. The summed E-state index contributed by atoms with van der Waals surface area (Å²) >= 11 is 0. The zero-order chi connectivity index (χ0) is 36.9. The van der Waals surface area contributed by atoms with E-state index in [0.717, 1.165) is 33.6 Å². The van der Waals surface area contributed by atoms with Crippen LogP contribution in [0.25, 0.3) is 0 Å². The van der Waals surface area contributed by atoms with Crippen molar-refractivity contribution in [2.45, 2.75) is 67.7 Å². The van der Waals surface area contributed by atoms with E-state index in [1.165, 1.54) is 6.07 Å². The second-order valence-electron chi connectivity index (χ2n) is 9.45. The van der Waals surface area contributed by atoms with Crippen LogP contribution in [0.15, 0.2) is 121 Å². The van der Waals surface area contributed by atoms with Gasteiger partial charge in [-0.3, -0.25) is 4.79 Å². The van der Waals surface area contributed by atoms with Crippen LogP contribution in [0.1, 0.15) is 75.6 Å². The van der Waals surface area contributed by atoms with Crippen molar-refractivity contribution in [3.05, 3.63) is 149 Å². The second kappa shape index (κ2) is 32.9. The van der Waals surface area contributed by atoms with E-state index >= 15 is 0 Å². The predicted octanol–water partition coefficient (Wildman–Crippen LogP) is 5.75. The number of aldehydes is 1. The first-order valence-electron chi connectivity index (χ1n) is 16.8. The molecule has 0 aliphatic carbocycles. The Morgan fingerprint density at radius 3 is 1.39 bits per heavy atom. The first-order valence-corrected chi connectivity index (χ1v) is 16.8. The third-order valence-corrected chi connectivity index (χ3v) is 6.44. The van der Waals surface area contributed by atoms with Crippen molar-refractivity contribution in [1.29, 1.82) is 0 Å². The van der Waals surface area contributed by atoms with E-state index in [4.69, 9.17) is 16.6 Å². The Kier molecular flexibility index (Phi) is 33.0. The molecule has 269 valence electrons. The number of anilines is 2. The molecule has 5 rings (SSSR count). The predicted molar refractivity (Wildman–Crippen MR) is 214 cm³/mol. The number of rotatable bonds is 9. The number of para-hydroxylation sites is 5. The molecule has 51 heavy (non-hydrogen) atoms. The largest absolute Gasteiger partial charge is 1.00 e. The molecule has 0 aliphatic heterocycles. The maximum atomic E-state index is 10.1. The van der Waals surface area contributed by atoms with E-state index in [1.54, 1.807) is 30.3 Å². The van der Waals surface area contributed by atoms with Crippen LogP contribution in [0.3, 0.4) is 0 Å². The van der Waals surface area contributed by atoms with Crippen LogP contribution in [-0.4, -0.2) is 30.0 Å². The number of nitrogen functional groups attached to an aromatic ring is 1. The zero-order valence-electron chi connectivity index (χ0n) is 32.4. The van der Waals surface area contributed by atoms with E-state index in [0.29, 0.717) is 49.5 Å². The molecule has 5 aromatic rings. The quantitative estimate of drug-likeness (QED) is 0.0583. The fourth-order valence-corrected chi connectivity index (χ4v) is 4.00. The topological polar surface area (TPSA) is 154 Å². The number of carbonyl (C=O) groups is 1. The van der Waals surface area contributed by atoms with Gasteiger partial charge in [-0.25, -0.2) is 0 Å². The number of benzene rings is 5. The molecule has 0 amide bonds. The summed E-state index contributed by atoms with van der Waals surface area (Å²) < 4.78 is 0. The van der Waals surface area contributed by atoms with Crippen LogP contribution < -0.4 is 51.7 Å². The Morgan fingerprint density at radius 2 is 0.961 bits per heavy atom. The molecule has 0 atom stereocenters. The third kappa shape index (κ3) is 20.3. The molecule has 0 aliphatic rings. The molecule has 9 N–H and O–H groups in total. The van der Waals surface area contributed by atoms with Gasteiger partial charge in [0.05, 0.1) is 5.56 Å². The molecular weight excluding hydrogens is 646 g/mol. The molecule has 0 saturated carbocycles. The minimum absolute atomic E-state index is 0. The summed E-state index contributed by atoms with van der Waals surface area (Å²) in [4.78, 5) is 10.1. The summed E-state index contributed by atoms with van der Waals surface area (Å²) in [6.07, 6.45) is 0.620. The summed E-state index contributed by atoms with van der Waals surface area (Å²) in [5.74, 6) is 0.638. The maximum Gasteiger partial charge on any atom is 1.00 e. The number of phenols is 3. The molecule has 3 radical (unpaired) electrons. The van der Waals surface area contributed by atoms with Gasteiger partial charge in [0.1, 0.15) is 17.2 Å². The summed E-state index contributed by atoms with van der Waals surface area (Å²) in [7, 11) is 0. The van der Waals surface area contributed by atoms with Crippen LogP contribution >= 0.6 is 0 Å². The Balaban J connectivity index is -0.000000355. The molecular formula is C41H57BN4NaO4. The average Bonchev–Trinajstić information content (AvgIpc) is 3.16. The van der Waals surface area contributed by atoms with Gasteiger partial charge in [0.25, 0.3) is 0 Å². The van der Waals surface area contributed by atoms with Gasteiger partial charge >= 0.3 is 29.6 Å². The van der Waals surface area contributed by atoms with Gasteiger partial charge in [-0.05, 0) is 47.5 Å². The van der Waals surface area contributed by atoms with Crippen molar-refractivity contribution >= 4 is 26.1 Å². The van der Waals surface area contributed by atoms with E-state index in [2.05, 4.69) is 16.7 Å². The summed E-state index contributed by atoms with van der Waals surface area (Å²) in [5.41, 5.74) is 16.9. The fraction of sp³-hybridized carbons (Fsp3) is 0.244. The van der Waals surface area contributed by atoms with E-state index in [-0.39, 0.29) is 45.1 Å². The van der Waals surface area contributed by atoms with Gasteiger partial charge in [0.15, 0.2) is 6.29 Å². The molecule has 0 heterocycles. The summed E-state index contributed by atoms with van der Waals surface area (Å²) in [6, 6.07) is 36.7. The fourth-order valence-electron chi connectivity index (χ4n) is 4.00. The SMILES string of the molecule is CC.CC.CC.NCc1ccccc1N.O=Cc1ccccc1O.Oc1ccccc1CNCc1ccccc1NCc1ccccc1O.[B].[H-].[Na+]. The molecule has 0 spiro atoms. The van der Waals surface area contributed by atoms with Crippen LogP contribution in [0.2, 0.25) is 0 Å². The van der Waals surface area contributed by atoms with Crippen LogP contribution in [0.5, 0.6) is 17.2 Å². The molecule has 8 nitrogen and oxygen atoms in total. The molecule has 0 bridgehead atoms. The molecule has 0 saturated heterocycles. The molecule has 0 fully saturated rings. The molecule has 0 unspecified atom stereocenters. The number of nitrogens with two attached hydrogens (primary N) is 2. The third-order valence-electron chi connectivity index (χ3n) is 6.44. The first kappa shape index (κ1) is 51.1.